The Kier molecular flexibility index (Phi) is 4.76. The number of sulfone groups is 1. The van der Waals surface area contributed by atoms with Crippen molar-refractivity contribution in [1.29, 1.82) is 0 Å². The summed E-state index contributed by atoms with van der Waals surface area (Å²) >= 11 is 0. The van der Waals surface area contributed by atoms with E-state index in [-0.39, 0.29) is 23.5 Å². The number of aryl methyl sites for hydroxylation is 1. The first-order chi connectivity index (χ1) is 11.3. The molecular weight excluding hydrogens is 328 g/mol. The predicted octanol–water partition coefficient (Wildman–Crippen LogP) is 1.26. The van der Waals surface area contributed by atoms with Crippen LogP contribution in [0.4, 0.5) is 5.82 Å². The van der Waals surface area contributed by atoms with E-state index in [0.717, 1.165) is 25.9 Å². The van der Waals surface area contributed by atoms with E-state index >= 15 is 0 Å². The second-order valence-electron chi connectivity index (χ2n) is 6.90. The molecule has 0 bridgehead atoms. The largest absolute Gasteiger partial charge is 0.366 e. The van der Waals surface area contributed by atoms with E-state index in [2.05, 4.69) is 22.2 Å². The summed E-state index contributed by atoms with van der Waals surface area (Å²) in [5.74, 6) is 1.93. The van der Waals surface area contributed by atoms with Crippen molar-refractivity contribution < 1.29 is 13.2 Å². The van der Waals surface area contributed by atoms with E-state index in [1.807, 2.05) is 4.90 Å². The normalized spacial score (nSPS) is 24.1. The molecule has 132 valence electrons. The van der Waals surface area contributed by atoms with Crippen LogP contribution in [0.5, 0.6) is 0 Å². The van der Waals surface area contributed by atoms with Gasteiger partial charge in [0.15, 0.2) is 9.84 Å². The van der Waals surface area contributed by atoms with Crippen LogP contribution in [0.1, 0.15) is 42.5 Å². The summed E-state index contributed by atoms with van der Waals surface area (Å²) in [6.45, 7) is 5.46. The van der Waals surface area contributed by atoms with Gasteiger partial charge in [-0.15, -0.1) is 0 Å². The number of likely N-dealkylation sites (tertiary alicyclic amines) is 1. The fraction of sp³-hybridized carbons (Fsp3) is 0.688. The van der Waals surface area contributed by atoms with Gasteiger partial charge in [-0.2, -0.15) is 0 Å². The van der Waals surface area contributed by atoms with Crippen LogP contribution < -0.4 is 5.32 Å². The van der Waals surface area contributed by atoms with Crippen LogP contribution in [0.3, 0.4) is 0 Å². The average Bonchev–Trinajstić information content (AvgIpc) is 2.85. The highest BCUT2D eigenvalue weighted by Gasteiger charge is 2.28. The lowest BCUT2D eigenvalue weighted by Crippen LogP contribution is -2.38. The van der Waals surface area contributed by atoms with Gasteiger partial charge in [0.05, 0.1) is 11.5 Å². The van der Waals surface area contributed by atoms with Gasteiger partial charge < -0.3 is 10.2 Å². The topological polar surface area (TPSA) is 92.3 Å². The monoisotopic (exact) mass is 352 g/mol. The van der Waals surface area contributed by atoms with Crippen molar-refractivity contribution in [1.82, 2.24) is 14.9 Å². The molecule has 2 fully saturated rings. The third-order valence-corrected chi connectivity index (χ3v) is 6.48. The summed E-state index contributed by atoms with van der Waals surface area (Å²) in [6.07, 6.45) is 2.60. The lowest BCUT2D eigenvalue weighted by Gasteiger charge is -2.30. The quantitative estimate of drug-likeness (QED) is 0.880. The number of nitrogens with zero attached hydrogens (tertiary/aromatic N) is 3. The Bertz CT molecular complexity index is 727. The molecule has 0 aromatic carbocycles. The van der Waals surface area contributed by atoms with Crippen molar-refractivity contribution >= 4 is 21.6 Å². The molecule has 2 saturated heterocycles. The minimum absolute atomic E-state index is 0.0745. The zero-order valence-corrected chi connectivity index (χ0v) is 15.0. The van der Waals surface area contributed by atoms with Crippen LogP contribution in [0, 0.1) is 12.8 Å². The maximum Gasteiger partial charge on any atom is 0.272 e. The third kappa shape index (κ3) is 4.03. The highest BCUT2D eigenvalue weighted by molar-refractivity contribution is 7.91. The van der Waals surface area contributed by atoms with Crippen LogP contribution in [-0.4, -0.2) is 59.8 Å². The number of carbonyl (C=O) groups is 1. The Labute approximate surface area is 142 Å². The Morgan fingerprint density at radius 3 is 2.58 bits per heavy atom. The van der Waals surface area contributed by atoms with E-state index in [1.54, 1.807) is 13.0 Å². The molecule has 2 aliphatic heterocycles. The SMILES string of the molecule is Cc1nc(NC2CCS(=O)(=O)C2)cc(C(=O)N2CCC(C)CC2)n1. The van der Waals surface area contributed by atoms with Gasteiger partial charge in [-0.3, -0.25) is 4.79 Å². The van der Waals surface area contributed by atoms with Crippen molar-refractivity contribution in [3.8, 4) is 0 Å². The smallest absolute Gasteiger partial charge is 0.272 e. The van der Waals surface area contributed by atoms with Crippen molar-refractivity contribution in [3.05, 3.63) is 17.6 Å². The van der Waals surface area contributed by atoms with Crippen molar-refractivity contribution in [2.24, 2.45) is 5.92 Å². The maximum atomic E-state index is 12.7. The van der Waals surface area contributed by atoms with Gasteiger partial charge in [-0.05, 0) is 32.1 Å². The summed E-state index contributed by atoms with van der Waals surface area (Å²) < 4.78 is 23.1. The fourth-order valence-corrected chi connectivity index (χ4v) is 4.92. The number of amides is 1. The second-order valence-corrected chi connectivity index (χ2v) is 9.13. The molecule has 24 heavy (non-hydrogen) atoms. The molecule has 3 rings (SSSR count). The lowest BCUT2D eigenvalue weighted by atomic mass is 9.99. The zero-order chi connectivity index (χ0) is 17.3. The number of aromatic nitrogens is 2. The first kappa shape index (κ1) is 17.1. The van der Waals surface area contributed by atoms with Crippen LogP contribution in [-0.2, 0) is 9.84 Å². The molecule has 0 aliphatic carbocycles. The van der Waals surface area contributed by atoms with Gasteiger partial charge in [0.2, 0.25) is 0 Å². The Morgan fingerprint density at radius 2 is 1.96 bits per heavy atom. The molecule has 1 unspecified atom stereocenters. The first-order valence-electron chi connectivity index (χ1n) is 8.44. The molecule has 2 aliphatic rings. The maximum absolute atomic E-state index is 12.7. The molecule has 0 saturated carbocycles. The van der Waals surface area contributed by atoms with Gasteiger partial charge in [-0.1, -0.05) is 6.92 Å². The van der Waals surface area contributed by atoms with Crippen molar-refractivity contribution in [3.63, 3.8) is 0 Å². The molecule has 0 radical (unpaired) electrons. The fourth-order valence-electron chi connectivity index (χ4n) is 3.24. The van der Waals surface area contributed by atoms with Crippen LogP contribution in [0.15, 0.2) is 6.07 Å². The highest BCUT2D eigenvalue weighted by atomic mass is 32.2. The summed E-state index contributed by atoms with van der Waals surface area (Å²) in [5.41, 5.74) is 0.375. The summed E-state index contributed by atoms with van der Waals surface area (Å²) in [6, 6.07) is 1.49. The van der Waals surface area contributed by atoms with Crippen LogP contribution in [0.2, 0.25) is 0 Å². The van der Waals surface area contributed by atoms with Gasteiger partial charge in [0.25, 0.3) is 5.91 Å². The summed E-state index contributed by atoms with van der Waals surface area (Å²) in [4.78, 5) is 23.1. The summed E-state index contributed by atoms with van der Waals surface area (Å²) in [7, 11) is -2.96. The molecule has 7 nitrogen and oxygen atoms in total. The number of anilines is 1. The van der Waals surface area contributed by atoms with E-state index in [4.69, 9.17) is 0 Å². The molecule has 8 heteroatoms. The number of carbonyl (C=O) groups excluding carboxylic acids is 1. The average molecular weight is 352 g/mol. The molecule has 0 spiro atoms. The molecular formula is C16H24N4O3S. The number of hydrogen-bond donors (Lipinski definition) is 1. The molecule has 1 aromatic rings. The highest BCUT2D eigenvalue weighted by Crippen LogP contribution is 2.20. The Morgan fingerprint density at radius 1 is 1.25 bits per heavy atom. The predicted molar refractivity (Wildman–Crippen MR) is 91.8 cm³/mol. The number of rotatable bonds is 3. The first-order valence-corrected chi connectivity index (χ1v) is 10.3. The number of piperidine rings is 1. The minimum atomic E-state index is -2.96. The van der Waals surface area contributed by atoms with Gasteiger partial charge in [0, 0.05) is 25.2 Å². The van der Waals surface area contributed by atoms with Gasteiger partial charge >= 0.3 is 0 Å². The lowest BCUT2D eigenvalue weighted by molar-refractivity contribution is 0.0691. The van der Waals surface area contributed by atoms with Crippen molar-refractivity contribution in [2.45, 2.75) is 39.2 Å². The number of nitrogens with one attached hydrogen (secondary N) is 1. The van der Waals surface area contributed by atoms with Crippen molar-refractivity contribution in [2.75, 3.05) is 29.9 Å². The molecule has 1 amide bonds. The minimum Gasteiger partial charge on any atom is -0.366 e. The van der Waals surface area contributed by atoms with E-state index < -0.39 is 9.84 Å². The van der Waals surface area contributed by atoms with Crippen LogP contribution >= 0.6 is 0 Å². The van der Waals surface area contributed by atoms with Gasteiger partial charge in [-0.25, -0.2) is 18.4 Å². The molecule has 3 heterocycles. The third-order valence-electron chi connectivity index (χ3n) is 4.71. The van der Waals surface area contributed by atoms with E-state index in [1.165, 1.54) is 0 Å². The Balaban J connectivity index is 1.73. The standard InChI is InChI=1S/C16H24N4O3S/c1-11-3-6-20(7-4-11)16(21)14-9-15(18-12(2)17-14)19-13-5-8-24(22,23)10-13/h9,11,13H,3-8,10H2,1-2H3,(H,17,18,19). The van der Waals surface area contributed by atoms with Gasteiger partial charge in [0.1, 0.15) is 17.3 Å². The van der Waals surface area contributed by atoms with E-state index in [9.17, 15) is 13.2 Å². The number of hydrogen-bond acceptors (Lipinski definition) is 6. The second kappa shape index (κ2) is 6.66. The van der Waals surface area contributed by atoms with Crippen LogP contribution in [0.25, 0.3) is 0 Å². The Hall–Kier alpha value is -1.70. The van der Waals surface area contributed by atoms with E-state index in [0.29, 0.717) is 29.7 Å². The molecule has 1 N–H and O–H groups in total. The zero-order valence-electron chi connectivity index (χ0n) is 14.2. The molecule has 1 aromatic heterocycles. The summed E-state index contributed by atoms with van der Waals surface area (Å²) in [5, 5.41) is 3.14. The molecule has 1 atom stereocenters.